The van der Waals surface area contributed by atoms with Gasteiger partial charge in [0.05, 0.1) is 7.11 Å². The Morgan fingerprint density at radius 2 is 1.76 bits per heavy atom. The molecule has 6 atom stereocenters. The highest BCUT2D eigenvalue weighted by Gasteiger charge is 2.60. The zero-order valence-electron chi connectivity index (χ0n) is 18.4. The van der Waals surface area contributed by atoms with E-state index in [-0.39, 0.29) is 5.41 Å². The van der Waals surface area contributed by atoms with E-state index in [1.54, 1.807) is 7.11 Å². The highest BCUT2D eigenvalue weighted by atomic mass is 16.5. The number of Topliss-reactive ketones (excluding diaryl/α,β-unsaturated/α-hetero) is 1. The summed E-state index contributed by atoms with van der Waals surface area (Å²) in [6.07, 6.45) is 14.0. The molecule has 156 valence electrons. The summed E-state index contributed by atoms with van der Waals surface area (Å²) in [5.74, 6) is 4.39. The first kappa shape index (κ1) is 19.4. The van der Waals surface area contributed by atoms with E-state index in [0.717, 1.165) is 47.5 Å². The van der Waals surface area contributed by atoms with Gasteiger partial charge in [0.25, 0.3) is 0 Å². The van der Waals surface area contributed by atoms with Gasteiger partial charge in [0.15, 0.2) is 5.78 Å². The molecule has 4 aliphatic carbocycles. The van der Waals surface area contributed by atoms with Gasteiger partial charge in [-0.2, -0.15) is 0 Å². The molecule has 0 aliphatic heterocycles. The van der Waals surface area contributed by atoms with Gasteiger partial charge < -0.3 is 4.74 Å². The van der Waals surface area contributed by atoms with Crippen molar-refractivity contribution in [1.82, 2.24) is 0 Å². The fourth-order valence-corrected chi connectivity index (χ4v) is 8.00. The Labute approximate surface area is 176 Å². The van der Waals surface area contributed by atoms with Crippen LogP contribution in [0.3, 0.4) is 0 Å². The van der Waals surface area contributed by atoms with Crippen LogP contribution in [0, 0.1) is 34.5 Å². The van der Waals surface area contributed by atoms with Crippen LogP contribution in [-0.4, -0.2) is 12.9 Å². The maximum Gasteiger partial charge on any atom is 0.165 e. The van der Waals surface area contributed by atoms with Crippen LogP contribution in [0.5, 0.6) is 5.75 Å². The molecule has 2 nitrogen and oxygen atoms in total. The molecule has 0 bridgehead atoms. The van der Waals surface area contributed by atoms with E-state index < -0.39 is 0 Å². The molecular formula is C27H36O2. The van der Waals surface area contributed by atoms with Crippen LogP contribution in [0.2, 0.25) is 0 Å². The minimum absolute atomic E-state index is 0.128. The maximum atomic E-state index is 13.5. The van der Waals surface area contributed by atoms with Gasteiger partial charge in [-0.15, -0.1) is 0 Å². The quantitative estimate of drug-likeness (QED) is 0.524. The summed E-state index contributed by atoms with van der Waals surface area (Å²) in [5.41, 5.74) is 2.60. The van der Waals surface area contributed by atoms with Crippen molar-refractivity contribution in [2.45, 2.75) is 71.6 Å². The highest BCUT2D eigenvalue weighted by Crippen LogP contribution is 2.66. The lowest BCUT2D eigenvalue weighted by Crippen LogP contribution is -2.52. The van der Waals surface area contributed by atoms with E-state index in [4.69, 9.17) is 4.74 Å². The second-order valence-electron chi connectivity index (χ2n) is 10.8. The lowest BCUT2D eigenvalue weighted by atomic mass is 9.45. The summed E-state index contributed by atoms with van der Waals surface area (Å²) in [6.45, 7) is 4.90. The van der Waals surface area contributed by atoms with Crippen molar-refractivity contribution < 1.29 is 9.53 Å². The van der Waals surface area contributed by atoms with E-state index in [2.05, 4.69) is 32.1 Å². The number of ketones is 1. The number of allylic oxidation sites excluding steroid dienone is 1. The van der Waals surface area contributed by atoms with Gasteiger partial charge >= 0.3 is 0 Å². The summed E-state index contributed by atoms with van der Waals surface area (Å²) in [5, 5.41) is 0. The standard InChI is InChI=1S/C27H36O2/c1-26-14-5-4-6-20(26)9-12-22-23(26)13-15-27(2)24(22)17-19(25(27)28)16-18-7-10-21(29-3)11-8-18/h7-8,10-11,16,20,22-24H,4-6,9,12-15,17H2,1-3H3/b19-16-/t20-,22-,23+,24+,26-,27-/m0/s1. The van der Waals surface area contributed by atoms with Crippen LogP contribution >= 0.6 is 0 Å². The number of fused-ring (bicyclic) bond motifs is 5. The molecule has 5 rings (SSSR count). The number of hydrogen-bond donors (Lipinski definition) is 0. The number of benzene rings is 1. The predicted octanol–water partition coefficient (Wildman–Crippen LogP) is 6.69. The van der Waals surface area contributed by atoms with Crippen molar-refractivity contribution in [2.24, 2.45) is 34.5 Å². The first-order valence-corrected chi connectivity index (χ1v) is 11.8. The maximum absolute atomic E-state index is 13.5. The van der Waals surface area contributed by atoms with Crippen LogP contribution in [0.15, 0.2) is 29.8 Å². The van der Waals surface area contributed by atoms with Gasteiger partial charge in [0, 0.05) is 5.41 Å². The summed E-state index contributed by atoms with van der Waals surface area (Å²) >= 11 is 0. The third-order valence-electron chi connectivity index (χ3n) is 9.68. The smallest absolute Gasteiger partial charge is 0.165 e. The first-order chi connectivity index (χ1) is 14.0. The molecule has 0 radical (unpaired) electrons. The Balaban J connectivity index is 1.43. The highest BCUT2D eigenvalue weighted by molar-refractivity contribution is 6.05. The van der Waals surface area contributed by atoms with Gasteiger partial charge in [0.2, 0.25) is 0 Å². The zero-order chi connectivity index (χ0) is 20.2. The largest absolute Gasteiger partial charge is 0.497 e. The molecule has 4 saturated carbocycles. The van der Waals surface area contributed by atoms with Gasteiger partial charge in [-0.3, -0.25) is 4.79 Å². The second kappa shape index (κ2) is 7.00. The molecule has 1 aromatic rings. The van der Waals surface area contributed by atoms with Crippen molar-refractivity contribution in [1.29, 1.82) is 0 Å². The molecule has 0 amide bonds. The molecule has 0 saturated heterocycles. The minimum Gasteiger partial charge on any atom is -0.497 e. The molecule has 0 N–H and O–H groups in total. The van der Waals surface area contributed by atoms with Crippen LogP contribution < -0.4 is 4.74 Å². The minimum atomic E-state index is -0.128. The molecule has 2 heteroatoms. The normalized spacial score (nSPS) is 42.9. The van der Waals surface area contributed by atoms with Gasteiger partial charge in [0.1, 0.15) is 5.75 Å². The Kier molecular flexibility index (Phi) is 4.68. The number of methoxy groups -OCH3 is 1. The van der Waals surface area contributed by atoms with E-state index in [9.17, 15) is 4.79 Å². The topological polar surface area (TPSA) is 26.3 Å². The van der Waals surface area contributed by atoms with Gasteiger partial charge in [-0.25, -0.2) is 0 Å². The monoisotopic (exact) mass is 392 g/mol. The van der Waals surface area contributed by atoms with Crippen molar-refractivity contribution in [3.05, 3.63) is 35.4 Å². The molecular weight excluding hydrogens is 356 g/mol. The number of rotatable bonds is 2. The number of hydrogen-bond acceptors (Lipinski definition) is 2. The molecule has 0 spiro atoms. The summed E-state index contributed by atoms with van der Waals surface area (Å²) in [4.78, 5) is 13.5. The van der Waals surface area contributed by atoms with Crippen LogP contribution in [0.1, 0.15) is 77.2 Å². The van der Waals surface area contributed by atoms with E-state index in [0.29, 0.717) is 17.1 Å². The van der Waals surface area contributed by atoms with E-state index in [1.165, 1.54) is 44.9 Å². The number of carbonyl (C=O) groups excluding carboxylic acids is 1. The average molecular weight is 393 g/mol. The molecule has 4 aliphatic rings. The van der Waals surface area contributed by atoms with Gasteiger partial charge in [-0.1, -0.05) is 38.8 Å². The molecule has 1 aromatic carbocycles. The zero-order valence-corrected chi connectivity index (χ0v) is 18.4. The average Bonchev–Trinajstić information content (AvgIpc) is 2.99. The molecule has 0 heterocycles. The van der Waals surface area contributed by atoms with Crippen molar-refractivity contribution in [3.63, 3.8) is 0 Å². The lowest BCUT2D eigenvalue weighted by Gasteiger charge is -2.59. The Morgan fingerprint density at radius 1 is 0.966 bits per heavy atom. The van der Waals surface area contributed by atoms with Crippen LogP contribution in [-0.2, 0) is 4.79 Å². The number of carbonyl (C=O) groups is 1. The molecule has 4 fully saturated rings. The van der Waals surface area contributed by atoms with Crippen LogP contribution in [0.25, 0.3) is 6.08 Å². The Morgan fingerprint density at radius 3 is 2.52 bits per heavy atom. The van der Waals surface area contributed by atoms with Crippen LogP contribution in [0.4, 0.5) is 0 Å². The Hall–Kier alpha value is -1.57. The third kappa shape index (κ3) is 2.93. The van der Waals surface area contributed by atoms with Crippen molar-refractivity contribution in [3.8, 4) is 5.75 Å². The summed E-state index contributed by atoms with van der Waals surface area (Å²) in [6, 6.07) is 8.12. The van der Waals surface area contributed by atoms with Crippen molar-refractivity contribution in [2.75, 3.05) is 7.11 Å². The fourth-order valence-electron chi connectivity index (χ4n) is 8.00. The SMILES string of the molecule is COc1ccc(/C=C2/C[C@@H]3[C@H]4CC[C@@H]5CCCC[C@]5(C)[C@@H]4CC[C@]3(C)C2=O)cc1. The molecule has 0 aromatic heterocycles. The van der Waals surface area contributed by atoms with Crippen molar-refractivity contribution >= 4 is 11.9 Å². The third-order valence-corrected chi connectivity index (χ3v) is 9.68. The summed E-state index contributed by atoms with van der Waals surface area (Å²) in [7, 11) is 1.69. The van der Waals surface area contributed by atoms with E-state index >= 15 is 0 Å². The first-order valence-electron chi connectivity index (χ1n) is 11.8. The molecule has 29 heavy (non-hydrogen) atoms. The lowest BCUT2D eigenvalue weighted by molar-refractivity contribution is -0.137. The second-order valence-corrected chi connectivity index (χ2v) is 10.8. The summed E-state index contributed by atoms with van der Waals surface area (Å²) < 4.78 is 5.28. The van der Waals surface area contributed by atoms with Gasteiger partial charge in [-0.05, 0) is 103 Å². The fraction of sp³-hybridized carbons (Fsp3) is 0.667. The number of ether oxygens (including phenoxy) is 1. The van der Waals surface area contributed by atoms with E-state index in [1.807, 2.05) is 12.1 Å². The Bertz CT molecular complexity index is 821. The molecule has 0 unspecified atom stereocenters. The predicted molar refractivity (Wildman–Crippen MR) is 118 cm³/mol.